The largest absolute Gasteiger partial charge is 0.338 e. The molecule has 0 aliphatic heterocycles. The Kier molecular flexibility index (Phi) is 6.38. The van der Waals surface area contributed by atoms with E-state index in [1.54, 1.807) is 4.90 Å². The van der Waals surface area contributed by atoms with Crippen molar-refractivity contribution >= 4 is 5.91 Å². The fourth-order valence-corrected chi connectivity index (χ4v) is 0.944. The van der Waals surface area contributed by atoms with E-state index in [4.69, 9.17) is 0 Å². The molecule has 3 heteroatoms. The summed E-state index contributed by atoms with van der Waals surface area (Å²) in [6.07, 6.45) is 1.36. The highest BCUT2D eigenvalue weighted by Gasteiger charge is 2.05. The van der Waals surface area contributed by atoms with Crippen LogP contribution in [0.4, 0.5) is 0 Å². The third kappa shape index (κ3) is 4.13. The molecule has 0 unspecified atom stereocenters. The summed E-state index contributed by atoms with van der Waals surface area (Å²) in [6.45, 7) is 10.8. The normalized spacial score (nSPS) is 9.50. The number of hydrogen-bond acceptors (Lipinski definition) is 2. The summed E-state index contributed by atoms with van der Waals surface area (Å²) in [5.74, 6) is 0.00963. The standard InChI is InChI=1S/C9H18N2O/c1-4-9(12)11(6-3)8-7-10-5-2/h4,10H,1,5-8H2,2-3H3. The molecule has 0 aliphatic carbocycles. The monoisotopic (exact) mass is 170 g/mol. The van der Waals surface area contributed by atoms with Crippen LogP contribution in [-0.2, 0) is 4.79 Å². The first kappa shape index (κ1) is 11.2. The molecule has 0 heterocycles. The fourth-order valence-electron chi connectivity index (χ4n) is 0.944. The maximum absolute atomic E-state index is 11.1. The van der Waals surface area contributed by atoms with Crippen molar-refractivity contribution in [3.05, 3.63) is 12.7 Å². The number of rotatable bonds is 6. The van der Waals surface area contributed by atoms with Crippen LogP contribution in [0.15, 0.2) is 12.7 Å². The van der Waals surface area contributed by atoms with Gasteiger partial charge in [-0.05, 0) is 19.5 Å². The zero-order valence-electron chi connectivity index (χ0n) is 7.97. The van der Waals surface area contributed by atoms with Crippen molar-refractivity contribution in [2.45, 2.75) is 13.8 Å². The van der Waals surface area contributed by atoms with Crippen molar-refractivity contribution in [1.82, 2.24) is 10.2 Å². The van der Waals surface area contributed by atoms with Gasteiger partial charge < -0.3 is 10.2 Å². The van der Waals surface area contributed by atoms with E-state index in [1.807, 2.05) is 13.8 Å². The molecule has 0 spiro atoms. The zero-order valence-corrected chi connectivity index (χ0v) is 7.97. The molecule has 1 amide bonds. The van der Waals surface area contributed by atoms with E-state index in [2.05, 4.69) is 11.9 Å². The number of carbonyl (C=O) groups is 1. The van der Waals surface area contributed by atoms with Crippen LogP contribution in [0.2, 0.25) is 0 Å². The highest BCUT2D eigenvalue weighted by Crippen LogP contribution is 1.88. The zero-order chi connectivity index (χ0) is 9.40. The minimum atomic E-state index is 0.00963. The predicted octanol–water partition coefficient (Wildman–Crippen LogP) is 0.630. The molecule has 70 valence electrons. The summed E-state index contributed by atoms with van der Waals surface area (Å²) < 4.78 is 0. The van der Waals surface area contributed by atoms with E-state index in [-0.39, 0.29) is 5.91 Å². The lowest BCUT2D eigenvalue weighted by molar-refractivity contribution is -0.125. The number of nitrogens with zero attached hydrogens (tertiary/aromatic N) is 1. The quantitative estimate of drug-likeness (QED) is 0.468. The van der Waals surface area contributed by atoms with Crippen LogP contribution >= 0.6 is 0 Å². The molecule has 0 aromatic rings. The second-order valence-electron chi connectivity index (χ2n) is 2.48. The van der Waals surface area contributed by atoms with Crippen LogP contribution in [0.25, 0.3) is 0 Å². The van der Waals surface area contributed by atoms with Crippen LogP contribution in [-0.4, -0.2) is 37.0 Å². The number of carbonyl (C=O) groups excluding carboxylic acids is 1. The maximum atomic E-state index is 11.1. The molecule has 0 saturated heterocycles. The molecule has 0 atom stereocenters. The van der Waals surface area contributed by atoms with Crippen LogP contribution in [0.3, 0.4) is 0 Å². The predicted molar refractivity (Wildman–Crippen MR) is 51.0 cm³/mol. The fraction of sp³-hybridized carbons (Fsp3) is 0.667. The van der Waals surface area contributed by atoms with Gasteiger partial charge in [0.15, 0.2) is 0 Å². The second kappa shape index (κ2) is 6.85. The average Bonchev–Trinajstić information content (AvgIpc) is 2.11. The number of nitrogens with one attached hydrogen (secondary N) is 1. The van der Waals surface area contributed by atoms with Crippen molar-refractivity contribution in [2.75, 3.05) is 26.2 Å². The van der Waals surface area contributed by atoms with Gasteiger partial charge in [0.05, 0.1) is 0 Å². The van der Waals surface area contributed by atoms with Gasteiger partial charge in [0.1, 0.15) is 0 Å². The molecule has 0 bridgehead atoms. The summed E-state index contributed by atoms with van der Waals surface area (Å²) in [5, 5.41) is 3.16. The van der Waals surface area contributed by atoms with E-state index in [1.165, 1.54) is 6.08 Å². The Labute approximate surface area is 74.4 Å². The molecule has 3 nitrogen and oxygen atoms in total. The Bertz CT molecular complexity index is 145. The second-order valence-corrected chi connectivity index (χ2v) is 2.48. The van der Waals surface area contributed by atoms with Gasteiger partial charge in [-0.15, -0.1) is 0 Å². The summed E-state index contributed by atoms with van der Waals surface area (Å²) in [6, 6.07) is 0. The van der Waals surface area contributed by atoms with E-state index in [9.17, 15) is 4.79 Å². The van der Waals surface area contributed by atoms with Crippen molar-refractivity contribution in [1.29, 1.82) is 0 Å². The van der Waals surface area contributed by atoms with Crippen LogP contribution < -0.4 is 5.32 Å². The summed E-state index contributed by atoms with van der Waals surface area (Å²) in [7, 11) is 0. The molecule has 1 N–H and O–H groups in total. The first-order valence-corrected chi connectivity index (χ1v) is 4.38. The van der Waals surface area contributed by atoms with Gasteiger partial charge in [-0.3, -0.25) is 4.79 Å². The third-order valence-electron chi connectivity index (χ3n) is 1.68. The highest BCUT2D eigenvalue weighted by molar-refractivity contribution is 5.86. The first-order chi connectivity index (χ1) is 5.76. The van der Waals surface area contributed by atoms with E-state index in [0.717, 1.165) is 26.2 Å². The molecule has 0 aliphatic rings. The lowest BCUT2D eigenvalue weighted by atomic mass is 10.4. The van der Waals surface area contributed by atoms with Gasteiger partial charge in [0.25, 0.3) is 0 Å². The van der Waals surface area contributed by atoms with Crippen molar-refractivity contribution in [3.63, 3.8) is 0 Å². The molecule has 12 heavy (non-hydrogen) atoms. The van der Waals surface area contributed by atoms with Gasteiger partial charge in [0, 0.05) is 19.6 Å². The molecule has 0 radical (unpaired) electrons. The van der Waals surface area contributed by atoms with Gasteiger partial charge in [-0.2, -0.15) is 0 Å². The van der Waals surface area contributed by atoms with Crippen molar-refractivity contribution < 1.29 is 4.79 Å². The van der Waals surface area contributed by atoms with Crippen LogP contribution in [0, 0.1) is 0 Å². The number of hydrogen-bond donors (Lipinski definition) is 1. The Hall–Kier alpha value is -0.830. The molecule has 0 aromatic carbocycles. The summed E-state index contributed by atoms with van der Waals surface area (Å²) in [5.41, 5.74) is 0. The Morgan fingerprint density at radius 3 is 2.67 bits per heavy atom. The van der Waals surface area contributed by atoms with Gasteiger partial charge in [0.2, 0.25) is 5.91 Å². The molecule has 0 fully saturated rings. The number of likely N-dealkylation sites (N-methyl/N-ethyl adjacent to an activating group) is 2. The smallest absolute Gasteiger partial charge is 0.245 e. The minimum Gasteiger partial charge on any atom is -0.338 e. The van der Waals surface area contributed by atoms with Gasteiger partial charge in [-0.1, -0.05) is 13.5 Å². The Balaban J connectivity index is 3.67. The molecular formula is C9H18N2O. The van der Waals surface area contributed by atoms with E-state index in [0.29, 0.717) is 0 Å². The molecule has 0 rings (SSSR count). The topological polar surface area (TPSA) is 32.3 Å². The number of amides is 1. The average molecular weight is 170 g/mol. The van der Waals surface area contributed by atoms with Gasteiger partial charge in [-0.25, -0.2) is 0 Å². The lowest BCUT2D eigenvalue weighted by Crippen LogP contribution is -2.35. The SMILES string of the molecule is C=CC(=O)N(CC)CCNCC. The van der Waals surface area contributed by atoms with E-state index >= 15 is 0 Å². The lowest BCUT2D eigenvalue weighted by Gasteiger charge is -2.18. The molecule has 0 saturated carbocycles. The van der Waals surface area contributed by atoms with Crippen molar-refractivity contribution in [2.24, 2.45) is 0 Å². The van der Waals surface area contributed by atoms with Crippen LogP contribution in [0.5, 0.6) is 0 Å². The van der Waals surface area contributed by atoms with Gasteiger partial charge >= 0.3 is 0 Å². The van der Waals surface area contributed by atoms with Crippen molar-refractivity contribution in [3.8, 4) is 0 Å². The minimum absolute atomic E-state index is 0.00963. The first-order valence-electron chi connectivity index (χ1n) is 4.38. The Morgan fingerprint density at radius 1 is 1.58 bits per heavy atom. The Morgan fingerprint density at radius 2 is 2.25 bits per heavy atom. The van der Waals surface area contributed by atoms with E-state index < -0.39 is 0 Å². The summed E-state index contributed by atoms with van der Waals surface area (Å²) in [4.78, 5) is 12.9. The maximum Gasteiger partial charge on any atom is 0.245 e. The molecular weight excluding hydrogens is 152 g/mol. The highest BCUT2D eigenvalue weighted by atomic mass is 16.2. The third-order valence-corrected chi connectivity index (χ3v) is 1.68. The van der Waals surface area contributed by atoms with Crippen LogP contribution in [0.1, 0.15) is 13.8 Å². The molecule has 0 aromatic heterocycles. The summed E-state index contributed by atoms with van der Waals surface area (Å²) >= 11 is 0.